The molecule has 4 nitrogen and oxygen atoms in total. The van der Waals surface area contributed by atoms with Crippen molar-refractivity contribution < 1.29 is 14.6 Å². The third kappa shape index (κ3) is 5.50. The first-order chi connectivity index (χ1) is 7.97. The molecule has 0 amide bonds. The first-order valence-corrected chi connectivity index (χ1v) is 6.40. The van der Waals surface area contributed by atoms with E-state index in [0.29, 0.717) is 12.3 Å². The molecule has 100 valence electrons. The van der Waals surface area contributed by atoms with Crippen molar-refractivity contribution in [2.75, 3.05) is 33.4 Å². The zero-order valence-corrected chi connectivity index (χ0v) is 11.2. The van der Waals surface area contributed by atoms with E-state index in [2.05, 4.69) is 18.7 Å². The largest absolute Gasteiger partial charge is 0.481 e. The summed E-state index contributed by atoms with van der Waals surface area (Å²) in [5, 5.41) is 8.92. The number of carbonyl (C=O) groups is 1. The molecule has 0 heterocycles. The van der Waals surface area contributed by atoms with E-state index >= 15 is 0 Å². The van der Waals surface area contributed by atoms with Gasteiger partial charge in [0.1, 0.15) is 0 Å². The first-order valence-electron chi connectivity index (χ1n) is 6.40. The molecule has 0 aromatic heterocycles. The minimum Gasteiger partial charge on any atom is -0.481 e. The SMILES string of the molecule is COCCN(CC(C)C)CC1(CC(=O)O)CC1. The highest BCUT2D eigenvalue weighted by Crippen LogP contribution is 2.49. The average molecular weight is 243 g/mol. The predicted octanol–water partition coefficient (Wildman–Crippen LogP) is 1.85. The Morgan fingerprint density at radius 2 is 2.12 bits per heavy atom. The molecule has 0 unspecified atom stereocenters. The van der Waals surface area contributed by atoms with Crippen LogP contribution in [0.2, 0.25) is 0 Å². The zero-order valence-electron chi connectivity index (χ0n) is 11.2. The van der Waals surface area contributed by atoms with Crippen LogP contribution in [0.5, 0.6) is 0 Å². The van der Waals surface area contributed by atoms with Gasteiger partial charge < -0.3 is 14.7 Å². The monoisotopic (exact) mass is 243 g/mol. The normalized spacial score (nSPS) is 17.7. The summed E-state index contributed by atoms with van der Waals surface area (Å²) in [4.78, 5) is 13.2. The number of rotatable bonds is 9. The summed E-state index contributed by atoms with van der Waals surface area (Å²) >= 11 is 0. The van der Waals surface area contributed by atoms with Gasteiger partial charge in [0, 0.05) is 26.7 Å². The van der Waals surface area contributed by atoms with Crippen LogP contribution in [0.25, 0.3) is 0 Å². The Bertz CT molecular complexity index is 249. The standard InChI is InChI=1S/C13H25NO3/c1-11(2)9-14(6-7-17-3)10-13(4-5-13)8-12(15)16/h11H,4-10H2,1-3H3,(H,15,16). The molecule has 17 heavy (non-hydrogen) atoms. The van der Waals surface area contributed by atoms with Crippen LogP contribution < -0.4 is 0 Å². The lowest BCUT2D eigenvalue weighted by Crippen LogP contribution is -2.36. The molecule has 4 heteroatoms. The Labute approximate surface area is 104 Å². The van der Waals surface area contributed by atoms with Gasteiger partial charge in [-0.2, -0.15) is 0 Å². The molecular formula is C13H25NO3. The van der Waals surface area contributed by atoms with Crippen molar-refractivity contribution >= 4 is 5.97 Å². The number of hydrogen-bond acceptors (Lipinski definition) is 3. The summed E-state index contributed by atoms with van der Waals surface area (Å²) in [6.45, 7) is 7.92. The fraction of sp³-hybridized carbons (Fsp3) is 0.923. The van der Waals surface area contributed by atoms with Crippen LogP contribution in [0.4, 0.5) is 0 Å². The van der Waals surface area contributed by atoms with E-state index in [1.165, 1.54) is 0 Å². The maximum Gasteiger partial charge on any atom is 0.303 e. The van der Waals surface area contributed by atoms with Crippen molar-refractivity contribution in [1.29, 1.82) is 0 Å². The van der Waals surface area contributed by atoms with Gasteiger partial charge in [-0.05, 0) is 24.2 Å². The molecule has 0 aromatic carbocycles. The van der Waals surface area contributed by atoms with Gasteiger partial charge in [0.15, 0.2) is 0 Å². The second-order valence-corrected chi connectivity index (χ2v) is 5.69. The predicted molar refractivity (Wildman–Crippen MR) is 67.1 cm³/mol. The number of methoxy groups -OCH3 is 1. The third-order valence-electron chi connectivity index (χ3n) is 3.28. The number of nitrogens with zero attached hydrogens (tertiary/aromatic N) is 1. The van der Waals surface area contributed by atoms with E-state index in [4.69, 9.17) is 9.84 Å². The Morgan fingerprint density at radius 3 is 2.53 bits per heavy atom. The fourth-order valence-electron chi connectivity index (χ4n) is 2.33. The summed E-state index contributed by atoms with van der Waals surface area (Å²) in [6.07, 6.45) is 2.43. The zero-order chi connectivity index (χ0) is 12.9. The lowest BCUT2D eigenvalue weighted by atomic mass is 10.0. The molecule has 1 aliphatic rings. The van der Waals surface area contributed by atoms with Crippen molar-refractivity contribution in [1.82, 2.24) is 4.90 Å². The topological polar surface area (TPSA) is 49.8 Å². The molecule has 0 aliphatic heterocycles. The summed E-state index contributed by atoms with van der Waals surface area (Å²) in [5.41, 5.74) is 0.0501. The summed E-state index contributed by atoms with van der Waals surface area (Å²) in [7, 11) is 1.71. The van der Waals surface area contributed by atoms with Crippen molar-refractivity contribution in [2.45, 2.75) is 33.1 Å². The van der Waals surface area contributed by atoms with Crippen molar-refractivity contribution in [3.8, 4) is 0 Å². The molecular weight excluding hydrogens is 218 g/mol. The minimum absolute atomic E-state index is 0.0501. The summed E-state index contributed by atoms with van der Waals surface area (Å²) < 4.78 is 5.11. The van der Waals surface area contributed by atoms with Crippen molar-refractivity contribution in [3.05, 3.63) is 0 Å². The second kappa shape index (κ2) is 6.36. The van der Waals surface area contributed by atoms with E-state index in [1.807, 2.05) is 0 Å². The van der Waals surface area contributed by atoms with Crippen LogP contribution in [-0.4, -0.2) is 49.3 Å². The Hall–Kier alpha value is -0.610. The molecule has 1 fully saturated rings. The lowest BCUT2D eigenvalue weighted by Gasteiger charge is -2.28. The van der Waals surface area contributed by atoms with Gasteiger partial charge in [-0.15, -0.1) is 0 Å². The number of aliphatic carboxylic acids is 1. The molecule has 0 radical (unpaired) electrons. The number of carboxylic acid groups (broad SMARTS) is 1. The van der Waals surface area contributed by atoms with Gasteiger partial charge in [0.05, 0.1) is 13.0 Å². The maximum absolute atomic E-state index is 10.8. The van der Waals surface area contributed by atoms with E-state index in [1.54, 1.807) is 7.11 Å². The highest BCUT2D eigenvalue weighted by Gasteiger charge is 2.45. The van der Waals surface area contributed by atoms with Gasteiger partial charge in [-0.25, -0.2) is 0 Å². The molecule has 1 N–H and O–H groups in total. The molecule has 0 bridgehead atoms. The van der Waals surface area contributed by atoms with Crippen molar-refractivity contribution in [3.63, 3.8) is 0 Å². The van der Waals surface area contributed by atoms with Crippen LogP contribution in [0.1, 0.15) is 33.1 Å². The van der Waals surface area contributed by atoms with Crippen molar-refractivity contribution in [2.24, 2.45) is 11.3 Å². The van der Waals surface area contributed by atoms with Crippen LogP contribution in [-0.2, 0) is 9.53 Å². The quantitative estimate of drug-likeness (QED) is 0.671. The Morgan fingerprint density at radius 1 is 1.47 bits per heavy atom. The van der Waals surface area contributed by atoms with Crippen LogP contribution in [0.15, 0.2) is 0 Å². The van der Waals surface area contributed by atoms with Gasteiger partial charge in [-0.1, -0.05) is 13.8 Å². The fourth-order valence-corrected chi connectivity index (χ4v) is 2.33. The second-order valence-electron chi connectivity index (χ2n) is 5.69. The van der Waals surface area contributed by atoms with E-state index in [0.717, 1.165) is 39.1 Å². The van der Waals surface area contributed by atoms with Gasteiger partial charge in [0.2, 0.25) is 0 Å². The third-order valence-corrected chi connectivity index (χ3v) is 3.28. The average Bonchev–Trinajstić information content (AvgIpc) is 2.92. The highest BCUT2D eigenvalue weighted by atomic mass is 16.5. The smallest absolute Gasteiger partial charge is 0.303 e. The van der Waals surface area contributed by atoms with Crippen LogP contribution in [0, 0.1) is 11.3 Å². The van der Waals surface area contributed by atoms with Gasteiger partial charge >= 0.3 is 5.97 Å². The minimum atomic E-state index is -0.668. The van der Waals surface area contributed by atoms with Crippen LogP contribution >= 0.6 is 0 Å². The molecule has 0 saturated heterocycles. The van der Waals surface area contributed by atoms with Gasteiger partial charge in [0.25, 0.3) is 0 Å². The van der Waals surface area contributed by atoms with Gasteiger partial charge in [-0.3, -0.25) is 4.79 Å². The Kier molecular flexibility index (Phi) is 5.40. The first kappa shape index (κ1) is 14.5. The summed E-state index contributed by atoms with van der Waals surface area (Å²) in [6, 6.07) is 0. The Balaban J connectivity index is 2.44. The molecule has 1 aliphatic carbocycles. The molecule has 0 spiro atoms. The van der Waals surface area contributed by atoms with E-state index in [9.17, 15) is 4.79 Å². The number of ether oxygens (including phenoxy) is 1. The number of carboxylic acids is 1. The molecule has 1 saturated carbocycles. The molecule has 0 aromatic rings. The summed E-state index contributed by atoms with van der Waals surface area (Å²) in [5.74, 6) is -0.0637. The lowest BCUT2D eigenvalue weighted by molar-refractivity contribution is -0.138. The number of hydrogen-bond donors (Lipinski definition) is 1. The van der Waals surface area contributed by atoms with Crippen LogP contribution in [0.3, 0.4) is 0 Å². The van der Waals surface area contributed by atoms with E-state index in [-0.39, 0.29) is 5.41 Å². The molecule has 1 rings (SSSR count). The molecule has 0 atom stereocenters. The highest BCUT2D eigenvalue weighted by molar-refractivity contribution is 5.68. The van der Waals surface area contributed by atoms with E-state index < -0.39 is 5.97 Å². The maximum atomic E-state index is 10.8.